The minimum Gasteiger partial charge on any atom is -0.361 e. The van der Waals surface area contributed by atoms with Crippen molar-refractivity contribution >= 4 is 11.4 Å². The molecule has 0 saturated carbocycles. The van der Waals surface area contributed by atoms with Gasteiger partial charge in [-0.3, -0.25) is 0 Å². The Morgan fingerprint density at radius 3 is 2.15 bits per heavy atom. The van der Waals surface area contributed by atoms with Crippen LogP contribution in [0.15, 0.2) is 78.9 Å². The van der Waals surface area contributed by atoms with Crippen molar-refractivity contribution in [3.05, 3.63) is 95.6 Å². The van der Waals surface area contributed by atoms with Crippen LogP contribution in [-0.4, -0.2) is 0 Å². The van der Waals surface area contributed by atoms with Crippen molar-refractivity contribution in [3.8, 4) is 0 Å². The molecule has 0 radical (unpaired) electrons. The molecule has 1 aliphatic rings. The molecule has 0 fully saturated rings. The van der Waals surface area contributed by atoms with Crippen molar-refractivity contribution in [2.24, 2.45) is 0 Å². The molecule has 132 valence electrons. The predicted molar refractivity (Wildman–Crippen MR) is 96.9 cm³/mol. The summed E-state index contributed by atoms with van der Waals surface area (Å²) >= 11 is 0. The Morgan fingerprint density at radius 2 is 1.50 bits per heavy atom. The van der Waals surface area contributed by atoms with Gasteiger partial charge in [-0.15, -0.1) is 0 Å². The molecule has 0 saturated heterocycles. The molecule has 5 heteroatoms. The molecule has 1 atom stereocenters. The third-order valence-electron chi connectivity index (χ3n) is 4.59. The summed E-state index contributed by atoms with van der Waals surface area (Å²) in [5.74, 6) is 0. The molecule has 1 unspecified atom stereocenters. The van der Waals surface area contributed by atoms with E-state index in [0.717, 1.165) is 23.0 Å². The SMILES string of the molecule is FC(F)(F)c1ccc2c(c1)C(Nc1ccccc1)N(c1ccccc1)C2. The van der Waals surface area contributed by atoms with E-state index in [1.807, 2.05) is 60.7 Å². The third kappa shape index (κ3) is 3.12. The Labute approximate surface area is 149 Å². The van der Waals surface area contributed by atoms with Crippen molar-refractivity contribution in [2.45, 2.75) is 18.9 Å². The topological polar surface area (TPSA) is 15.3 Å². The summed E-state index contributed by atoms with van der Waals surface area (Å²) < 4.78 is 39.6. The average Bonchev–Trinajstić information content (AvgIpc) is 3.00. The quantitative estimate of drug-likeness (QED) is 0.636. The van der Waals surface area contributed by atoms with Crippen molar-refractivity contribution in [2.75, 3.05) is 10.2 Å². The second-order valence-electron chi connectivity index (χ2n) is 6.29. The number of nitrogens with one attached hydrogen (secondary N) is 1. The Hall–Kier alpha value is -2.95. The number of hydrogen-bond donors (Lipinski definition) is 1. The highest BCUT2D eigenvalue weighted by Crippen LogP contribution is 2.40. The van der Waals surface area contributed by atoms with Gasteiger partial charge in [-0.1, -0.05) is 42.5 Å². The molecule has 0 bridgehead atoms. The standard InChI is InChI=1S/C21H17F3N2/c22-21(23,24)16-12-11-15-14-26(18-9-5-2-6-10-18)20(19(15)13-16)25-17-7-3-1-4-8-17/h1-13,20,25H,14H2. The Morgan fingerprint density at radius 1 is 0.846 bits per heavy atom. The summed E-state index contributed by atoms with van der Waals surface area (Å²) in [7, 11) is 0. The molecule has 1 N–H and O–H groups in total. The molecule has 3 aromatic rings. The third-order valence-corrected chi connectivity index (χ3v) is 4.59. The summed E-state index contributed by atoms with van der Waals surface area (Å²) in [6.07, 6.45) is -4.72. The zero-order valence-corrected chi connectivity index (χ0v) is 13.9. The van der Waals surface area contributed by atoms with Gasteiger partial charge in [-0.2, -0.15) is 13.2 Å². The molecule has 4 rings (SSSR count). The van der Waals surface area contributed by atoms with Gasteiger partial charge >= 0.3 is 6.18 Å². The first-order valence-electron chi connectivity index (χ1n) is 8.36. The fraction of sp³-hybridized carbons (Fsp3) is 0.143. The van der Waals surface area contributed by atoms with Crippen LogP contribution < -0.4 is 10.2 Å². The van der Waals surface area contributed by atoms with E-state index in [2.05, 4.69) is 10.2 Å². The molecule has 3 aromatic carbocycles. The van der Waals surface area contributed by atoms with Crippen LogP contribution in [0.2, 0.25) is 0 Å². The lowest BCUT2D eigenvalue weighted by Crippen LogP contribution is -2.27. The first-order chi connectivity index (χ1) is 12.5. The van der Waals surface area contributed by atoms with Crippen LogP contribution >= 0.6 is 0 Å². The molecule has 1 heterocycles. The number of anilines is 2. The van der Waals surface area contributed by atoms with Crippen LogP contribution in [-0.2, 0) is 12.7 Å². The van der Waals surface area contributed by atoms with Crippen molar-refractivity contribution < 1.29 is 13.2 Å². The van der Waals surface area contributed by atoms with Crippen molar-refractivity contribution in [1.82, 2.24) is 0 Å². The van der Waals surface area contributed by atoms with Gasteiger partial charge in [0.2, 0.25) is 0 Å². The maximum absolute atomic E-state index is 13.2. The molecule has 0 spiro atoms. The lowest BCUT2D eigenvalue weighted by Gasteiger charge is -2.29. The zero-order valence-electron chi connectivity index (χ0n) is 13.9. The smallest absolute Gasteiger partial charge is 0.361 e. The summed E-state index contributed by atoms with van der Waals surface area (Å²) in [6, 6.07) is 23.3. The van der Waals surface area contributed by atoms with Crippen LogP contribution in [0, 0.1) is 0 Å². The van der Waals surface area contributed by atoms with Gasteiger partial charge in [0.05, 0.1) is 5.56 Å². The van der Waals surface area contributed by atoms with Crippen LogP contribution in [0.3, 0.4) is 0 Å². The largest absolute Gasteiger partial charge is 0.416 e. The van der Waals surface area contributed by atoms with E-state index in [-0.39, 0.29) is 6.17 Å². The number of para-hydroxylation sites is 2. The van der Waals surface area contributed by atoms with E-state index in [9.17, 15) is 13.2 Å². The second kappa shape index (κ2) is 6.41. The number of alkyl halides is 3. The van der Waals surface area contributed by atoms with E-state index in [1.165, 1.54) is 6.07 Å². The Bertz CT molecular complexity index is 892. The molecular weight excluding hydrogens is 337 g/mol. The normalized spacial score (nSPS) is 16.4. The van der Waals surface area contributed by atoms with Crippen LogP contribution in [0.4, 0.5) is 24.5 Å². The monoisotopic (exact) mass is 354 g/mol. The van der Waals surface area contributed by atoms with Crippen molar-refractivity contribution in [3.63, 3.8) is 0 Å². The van der Waals surface area contributed by atoms with Gasteiger partial charge in [0.1, 0.15) is 6.17 Å². The van der Waals surface area contributed by atoms with E-state index in [4.69, 9.17) is 0 Å². The van der Waals surface area contributed by atoms with Crippen LogP contribution in [0.25, 0.3) is 0 Å². The lowest BCUT2D eigenvalue weighted by molar-refractivity contribution is -0.137. The number of hydrogen-bond acceptors (Lipinski definition) is 2. The summed E-state index contributed by atoms with van der Waals surface area (Å²) in [6.45, 7) is 0.558. The van der Waals surface area contributed by atoms with Gasteiger partial charge in [-0.25, -0.2) is 0 Å². The number of nitrogens with zero attached hydrogens (tertiary/aromatic N) is 1. The summed E-state index contributed by atoms with van der Waals surface area (Å²) in [5.41, 5.74) is 2.77. The Kier molecular flexibility index (Phi) is 4.07. The maximum atomic E-state index is 13.2. The molecular formula is C21H17F3N2. The van der Waals surface area contributed by atoms with E-state index in [0.29, 0.717) is 12.1 Å². The summed E-state index contributed by atoms with van der Waals surface area (Å²) in [4.78, 5) is 2.08. The second-order valence-corrected chi connectivity index (χ2v) is 6.29. The lowest BCUT2D eigenvalue weighted by atomic mass is 10.0. The highest BCUT2D eigenvalue weighted by molar-refractivity contribution is 5.59. The Balaban J connectivity index is 1.77. The molecule has 0 aromatic heterocycles. The average molecular weight is 354 g/mol. The van der Waals surface area contributed by atoms with Gasteiger partial charge < -0.3 is 10.2 Å². The van der Waals surface area contributed by atoms with Gasteiger partial charge in [0.15, 0.2) is 0 Å². The maximum Gasteiger partial charge on any atom is 0.416 e. The van der Waals surface area contributed by atoms with E-state index in [1.54, 1.807) is 6.07 Å². The number of rotatable bonds is 3. The highest BCUT2D eigenvalue weighted by Gasteiger charge is 2.36. The molecule has 1 aliphatic heterocycles. The first-order valence-corrected chi connectivity index (χ1v) is 8.36. The number of halogens is 3. The molecule has 2 nitrogen and oxygen atoms in total. The first kappa shape index (κ1) is 16.5. The van der Waals surface area contributed by atoms with Crippen LogP contribution in [0.1, 0.15) is 22.9 Å². The minimum atomic E-state index is -4.35. The molecule has 26 heavy (non-hydrogen) atoms. The van der Waals surface area contributed by atoms with Gasteiger partial charge in [0, 0.05) is 23.5 Å². The highest BCUT2D eigenvalue weighted by atomic mass is 19.4. The van der Waals surface area contributed by atoms with Crippen LogP contribution in [0.5, 0.6) is 0 Å². The molecule has 0 aliphatic carbocycles. The summed E-state index contributed by atoms with van der Waals surface area (Å²) in [5, 5.41) is 3.38. The van der Waals surface area contributed by atoms with Crippen molar-refractivity contribution in [1.29, 1.82) is 0 Å². The minimum absolute atomic E-state index is 0.364. The number of benzene rings is 3. The fourth-order valence-corrected chi connectivity index (χ4v) is 3.32. The predicted octanol–water partition coefficient (Wildman–Crippen LogP) is 5.84. The molecule has 0 amide bonds. The fourth-order valence-electron chi connectivity index (χ4n) is 3.32. The van der Waals surface area contributed by atoms with E-state index >= 15 is 0 Å². The number of fused-ring (bicyclic) bond motifs is 1. The van der Waals surface area contributed by atoms with E-state index < -0.39 is 11.7 Å². The van der Waals surface area contributed by atoms with Gasteiger partial charge in [0.25, 0.3) is 0 Å². The zero-order chi connectivity index (χ0) is 18.1. The van der Waals surface area contributed by atoms with Gasteiger partial charge in [-0.05, 0) is 42.0 Å².